The molecule has 27 heteroatoms. The van der Waals surface area contributed by atoms with Gasteiger partial charge in [-0.05, 0) is 157 Å². The Kier molecular flexibility index (Phi) is 26.0. The number of hydrogen-bond acceptors (Lipinski definition) is 12. The van der Waals surface area contributed by atoms with Crippen LogP contribution in [-0.2, 0) is 108 Å². The molecule has 5 aliphatic heterocycles. The van der Waals surface area contributed by atoms with E-state index in [0.29, 0.717) is 16.5 Å². The second-order valence-corrected chi connectivity index (χ2v) is 34.5. The molecule has 0 unspecified atom stereocenters. The van der Waals surface area contributed by atoms with Crippen molar-refractivity contribution in [3.63, 3.8) is 0 Å². The summed E-state index contributed by atoms with van der Waals surface area (Å²) >= 11 is 30.6. The van der Waals surface area contributed by atoms with Gasteiger partial charge in [0.05, 0.1) is 47.8 Å². The SMILES string of the molecule is O=C(O)Cn1c2c(c3ccccc31)CCN(CC1CCCCC1)C2=S.O=C(O)Cn1c2c(c3ccccc31)CCN(CCc1ccccc1)C2=S.O=C(O)Cn1c2c(c3ccccc31)CCN(Cc1ccco1)C2=S.O=C(O)Cn1c2c(c3ccccc31)CCN(Cc1cccs1)C2=S.O=C(O)Cn1c2c(c3ccccc31)CCN(c1ccccc1)C2=S. The molecule has 7 aromatic carbocycles. The molecule has 21 nitrogen and oxygen atoms in total. The Labute approximate surface area is 741 Å². The Morgan fingerprint density at radius 3 is 1.10 bits per heavy atom. The smallest absolute Gasteiger partial charge is 0.323 e. The van der Waals surface area contributed by atoms with Crippen molar-refractivity contribution in [1.82, 2.24) is 42.4 Å². The number of para-hydroxylation sites is 6. The summed E-state index contributed by atoms with van der Waals surface area (Å²) in [5.41, 5.74) is 17.4. The summed E-state index contributed by atoms with van der Waals surface area (Å²) in [5.74, 6) is -2.68. The van der Waals surface area contributed by atoms with Crippen LogP contribution in [0.25, 0.3) is 54.5 Å². The van der Waals surface area contributed by atoms with Crippen LogP contribution in [0.15, 0.2) is 222 Å². The first-order valence-corrected chi connectivity index (χ1v) is 44.4. The Morgan fingerprint density at radius 1 is 0.358 bits per heavy atom. The molecule has 0 radical (unpaired) electrons. The van der Waals surface area contributed by atoms with Crippen LogP contribution in [0.1, 0.15) is 105 Å². The number of carboxylic acid groups (broad SMARTS) is 5. The molecule has 12 heterocycles. The number of thiocarbonyl (C=S) groups is 5. The Bertz CT molecular complexity index is 6220. The van der Waals surface area contributed by atoms with E-state index >= 15 is 0 Å². The molecular weight excluding hydrogens is 1660 g/mol. The third kappa shape index (κ3) is 18.0. The molecule has 7 aromatic heterocycles. The minimum absolute atomic E-state index is 0.0345. The van der Waals surface area contributed by atoms with Crippen molar-refractivity contribution in [1.29, 1.82) is 0 Å². The largest absolute Gasteiger partial charge is 0.480 e. The molecule has 20 rings (SSSR count). The monoisotopic (exact) mass is 1750 g/mol. The number of anilines is 1. The third-order valence-electron chi connectivity index (χ3n) is 24.0. The van der Waals surface area contributed by atoms with E-state index in [0.717, 1.165) is 217 Å². The maximum absolute atomic E-state index is 11.4. The first-order valence-electron chi connectivity index (χ1n) is 41.5. The quantitative estimate of drug-likeness (QED) is 0.0446. The maximum Gasteiger partial charge on any atom is 0.323 e. The van der Waals surface area contributed by atoms with E-state index in [2.05, 4.69) is 66.3 Å². The zero-order chi connectivity index (χ0) is 85.5. The van der Waals surface area contributed by atoms with Gasteiger partial charge in [0.1, 0.15) is 63.4 Å². The lowest BCUT2D eigenvalue weighted by Crippen LogP contribution is -2.41. The fourth-order valence-corrected chi connectivity index (χ4v) is 21.4. The van der Waals surface area contributed by atoms with Crippen molar-refractivity contribution >= 4 is 187 Å². The highest BCUT2D eigenvalue weighted by molar-refractivity contribution is 7.81. The van der Waals surface area contributed by atoms with E-state index in [1.54, 1.807) is 17.6 Å². The molecule has 0 saturated heterocycles. The summed E-state index contributed by atoms with van der Waals surface area (Å²) in [4.78, 5) is 72.8. The van der Waals surface area contributed by atoms with Gasteiger partial charge in [-0.25, -0.2) is 0 Å². The number of thiophene rings is 1. The fraction of sp³-hybridized carbons (Fsp3) is 0.271. The van der Waals surface area contributed by atoms with E-state index in [1.165, 1.54) is 59.2 Å². The van der Waals surface area contributed by atoms with Gasteiger partial charge in [0.25, 0.3) is 0 Å². The number of hydrogen-bond donors (Lipinski definition) is 5. The van der Waals surface area contributed by atoms with Crippen molar-refractivity contribution in [3.8, 4) is 0 Å². The summed E-state index contributed by atoms with van der Waals surface area (Å²) in [7, 11) is 0. The Hall–Kier alpha value is -12.0. The second kappa shape index (κ2) is 37.8. The fourth-order valence-electron chi connectivity index (χ4n) is 18.6. The molecule has 123 heavy (non-hydrogen) atoms. The molecular formula is C96H92N10O11S6. The van der Waals surface area contributed by atoms with Crippen molar-refractivity contribution < 1.29 is 53.9 Å². The molecule has 0 spiro atoms. The summed E-state index contributed by atoms with van der Waals surface area (Å²) < 4.78 is 14.7. The standard InChI is InChI=1S/C21H20N2O2S.C20H24N2O2S.C19H16N2O2S.C18H16N2O3S.C18H16N2O2S2/c24-19(25)14-23-18-9-5-4-8-16(18)17-11-13-22(21(26)20(17)23)12-10-15-6-2-1-3-7-15;23-18(24)13-22-17-9-5-4-8-15(17)16-10-11-21(20(25)19(16)22)12-14-6-2-1-3-7-14;22-17(23)12-21-16-9-5-4-8-14(16)15-10-11-20(19(24)18(15)21)13-6-2-1-3-7-13;21-16(22)11-20-15-6-2-1-5-13(15)14-7-8-19(18(24)17(14)20)10-12-4-3-9-23-12;21-16(22)11-20-15-6-2-1-5-13(15)14-7-8-19(18(23)17(14)20)10-12-4-3-9-24-12/h1-9H,10-14H2,(H,24,25);4-5,8-9,14H,1-3,6-7,10-13H2,(H,23,24);1-9H,10-12H2,(H,22,23);2*1-6,9H,7-8,10-11H2,(H,21,22). The number of furan rings is 1. The lowest BCUT2D eigenvalue weighted by atomic mass is 9.88. The number of aliphatic carboxylic acids is 5. The minimum atomic E-state index is -0.871. The van der Waals surface area contributed by atoms with Gasteiger partial charge < -0.3 is 77.3 Å². The van der Waals surface area contributed by atoms with Gasteiger partial charge in [-0.2, -0.15) is 0 Å². The average Bonchev–Trinajstić information content (AvgIpc) is 1.62. The Morgan fingerprint density at radius 2 is 0.707 bits per heavy atom. The number of carboxylic acids is 5. The first-order chi connectivity index (χ1) is 59.8. The van der Waals surface area contributed by atoms with Gasteiger partial charge in [-0.15, -0.1) is 11.3 Å². The molecule has 5 N–H and O–H groups in total. The minimum Gasteiger partial charge on any atom is -0.480 e. The van der Waals surface area contributed by atoms with E-state index in [4.69, 9.17) is 65.5 Å². The van der Waals surface area contributed by atoms with Gasteiger partial charge in [-0.1, -0.05) is 226 Å². The molecule has 1 fully saturated rings. The van der Waals surface area contributed by atoms with E-state index in [-0.39, 0.29) is 32.7 Å². The zero-order valence-corrected chi connectivity index (χ0v) is 72.5. The highest BCUT2D eigenvalue weighted by Crippen LogP contribution is 2.39. The van der Waals surface area contributed by atoms with E-state index < -0.39 is 29.8 Å². The second-order valence-electron chi connectivity index (χ2n) is 31.6. The van der Waals surface area contributed by atoms with Crippen molar-refractivity contribution in [2.75, 3.05) is 50.7 Å². The number of nitrogens with zero attached hydrogens (tertiary/aromatic N) is 10. The molecule has 628 valence electrons. The Balaban J connectivity index is 0.000000114. The van der Waals surface area contributed by atoms with E-state index in [9.17, 15) is 49.5 Å². The highest BCUT2D eigenvalue weighted by Gasteiger charge is 2.36. The summed E-state index contributed by atoms with van der Waals surface area (Å²) in [6.07, 6.45) is 13.6. The van der Waals surface area contributed by atoms with Gasteiger partial charge in [0.2, 0.25) is 0 Å². The summed E-state index contributed by atoms with van der Waals surface area (Å²) in [6.45, 7) is 7.19. The van der Waals surface area contributed by atoms with Crippen LogP contribution in [-0.4, -0.2) is 169 Å². The zero-order valence-electron chi connectivity index (χ0n) is 67.6. The average molecular weight is 1750 g/mol. The normalized spacial score (nSPS) is 15.0. The summed E-state index contributed by atoms with van der Waals surface area (Å²) in [5, 5.41) is 54.4. The van der Waals surface area contributed by atoms with Gasteiger partial charge in [0, 0.05) is 111 Å². The molecule has 0 bridgehead atoms. The van der Waals surface area contributed by atoms with Crippen LogP contribution < -0.4 is 4.90 Å². The number of benzene rings is 7. The first kappa shape index (κ1) is 84.6. The molecule has 1 saturated carbocycles. The molecule has 14 aromatic rings. The number of carbonyl (C=O) groups is 5. The lowest BCUT2D eigenvalue weighted by Gasteiger charge is -2.35. The predicted molar refractivity (Wildman–Crippen MR) is 502 cm³/mol. The van der Waals surface area contributed by atoms with Crippen LogP contribution in [0.4, 0.5) is 5.69 Å². The van der Waals surface area contributed by atoms with Crippen molar-refractivity contribution in [2.24, 2.45) is 5.92 Å². The predicted octanol–water partition coefficient (Wildman–Crippen LogP) is 17.4. The van der Waals surface area contributed by atoms with Gasteiger partial charge >= 0.3 is 29.8 Å². The third-order valence-corrected chi connectivity index (χ3v) is 27.1. The molecule has 0 atom stereocenters. The van der Waals surface area contributed by atoms with E-state index in [1.807, 2.05) is 193 Å². The van der Waals surface area contributed by atoms with Crippen molar-refractivity contribution in [3.05, 3.63) is 290 Å². The number of fused-ring (bicyclic) bond motifs is 15. The van der Waals surface area contributed by atoms with Crippen LogP contribution >= 0.6 is 72.4 Å². The molecule has 1 aliphatic carbocycles. The van der Waals surface area contributed by atoms with Gasteiger partial charge in [-0.3, -0.25) is 24.0 Å². The van der Waals surface area contributed by atoms with Crippen LogP contribution in [0.2, 0.25) is 0 Å². The maximum atomic E-state index is 11.4. The van der Waals surface area contributed by atoms with Crippen LogP contribution in [0.3, 0.4) is 0 Å². The summed E-state index contributed by atoms with van der Waals surface area (Å²) in [6, 6.07) is 68.2. The van der Waals surface area contributed by atoms with Crippen LogP contribution in [0.5, 0.6) is 0 Å². The van der Waals surface area contributed by atoms with Gasteiger partial charge in [0.15, 0.2) is 0 Å². The van der Waals surface area contributed by atoms with Crippen molar-refractivity contribution in [2.45, 2.75) is 116 Å². The topological polar surface area (TPSA) is 240 Å². The van der Waals surface area contributed by atoms with Crippen LogP contribution in [0, 0.1) is 5.92 Å². The lowest BCUT2D eigenvalue weighted by molar-refractivity contribution is -0.138. The number of aromatic nitrogens is 5. The number of rotatable bonds is 20. The molecule has 0 amide bonds. The molecule has 6 aliphatic rings. The highest BCUT2D eigenvalue weighted by atomic mass is 32.1.